The summed E-state index contributed by atoms with van der Waals surface area (Å²) in [6, 6.07) is 6.22. The molecule has 1 aliphatic rings. The van der Waals surface area contributed by atoms with E-state index < -0.39 is 5.97 Å². The third-order valence-corrected chi connectivity index (χ3v) is 3.53. The van der Waals surface area contributed by atoms with Crippen LogP contribution >= 0.6 is 0 Å². The minimum atomic E-state index is -0.756. The number of carbonyl (C=O) groups is 1. The molecular weight excluding hydrogens is 242 g/mol. The van der Waals surface area contributed by atoms with Crippen LogP contribution in [-0.4, -0.2) is 41.7 Å². The van der Waals surface area contributed by atoms with E-state index in [0.717, 1.165) is 37.2 Å². The van der Waals surface area contributed by atoms with Gasteiger partial charge >= 0.3 is 5.97 Å². The van der Waals surface area contributed by atoms with Crippen molar-refractivity contribution in [2.45, 2.75) is 32.8 Å². The summed E-state index contributed by atoms with van der Waals surface area (Å²) in [5.41, 5.74) is 2.35. The van der Waals surface area contributed by atoms with Crippen molar-refractivity contribution in [2.75, 3.05) is 19.6 Å². The zero-order valence-electron chi connectivity index (χ0n) is 11.6. The van der Waals surface area contributed by atoms with Crippen LogP contribution in [0.5, 0.6) is 5.75 Å². The first-order valence-electron chi connectivity index (χ1n) is 6.72. The highest BCUT2D eigenvalue weighted by Crippen LogP contribution is 2.23. The molecular formula is C15H21NO3. The highest BCUT2D eigenvalue weighted by Gasteiger charge is 2.22. The fourth-order valence-corrected chi connectivity index (χ4v) is 2.39. The Morgan fingerprint density at radius 2 is 2.05 bits per heavy atom. The molecule has 1 aliphatic heterocycles. The quantitative estimate of drug-likeness (QED) is 0.905. The molecule has 0 unspecified atom stereocenters. The van der Waals surface area contributed by atoms with E-state index in [0.29, 0.717) is 0 Å². The summed E-state index contributed by atoms with van der Waals surface area (Å²) in [5.74, 6) is 0.200. The predicted molar refractivity (Wildman–Crippen MR) is 73.6 cm³/mol. The summed E-state index contributed by atoms with van der Waals surface area (Å²) in [4.78, 5) is 12.6. The molecule has 1 aromatic rings. The molecule has 0 bridgehead atoms. The normalized spacial score (nSPS) is 17.4. The van der Waals surface area contributed by atoms with Crippen LogP contribution in [0.15, 0.2) is 18.2 Å². The van der Waals surface area contributed by atoms with Crippen molar-refractivity contribution in [1.82, 2.24) is 4.90 Å². The van der Waals surface area contributed by atoms with Crippen molar-refractivity contribution in [3.63, 3.8) is 0 Å². The number of aryl methyl sites for hydroxylation is 2. The van der Waals surface area contributed by atoms with Crippen LogP contribution in [0, 0.1) is 13.8 Å². The third kappa shape index (κ3) is 3.96. The van der Waals surface area contributed by atoms with Crippen molar-refractivity contribution in [1.29, 1.82) is 0 Å². The second-order valence-corrected chi connectivity index (χ2v) is 5.26. The summed E-state index contributed by atoms with van der Waals surface area (Å²) >= 11 is 0. The van der Waals surface area contributed by atoms with Gasteiger partial charge in [0.25, 0.3) is 0 Å². The lowest BCUT2D eigenvalue weighted by atomic mass is 10.1. The number of hydrogen-bond donors (Lipinski definition) is 1. The van der Waals surface area contributed by atoms with E-state index in [1.165, 1.54) is 5.56 Å². The van der Waals surface area contributed by atoms with Crippen LogP contribution in [0.25, 0.3) is 0 Å². The first-order chi connectivity index (χ1) is 9.04. The van der Waals surface area contributed by atoms with E-state index >= 15 is 0 Å². The van der Waals surface area contributed by atoms with Crippen LogP contribution in [-0.2, 0) is 4.79 Å². The van der Waals surface area contributed by atoms with Crippen LogP contribution in [0.2, 0.25) is 0 Å². The second-order valence-electron chi connectivity index (χ2n) is 5.26. The molecule has 0 saturated carbocycles. The lowest BCUT2D eigenvalue weighted by molar-refractivity contribution is -0.138. The Morgan fingerprint density at radius 1 is 1.37 bits per heavy atom. The van der Waals surface area contributed by atoms with Gasteiger partial charge in [0.15, 0.2) is 0 Å². The first kappa shape index (κ1) is 13.9. The van der Waals surface area contributed by atoms with Crippen LogP contribution in [0.1, 0.15) is 24.0 Å². The van der Waals surface area contributed by atoms with Gasteiger partial charge in [-0.15, -0.1) is 0 Å². The topological polar surface area (TPSA) is 49.8 Å². The maximum absolute atomic E-state index is 10.6. The number of rotatable bonds is 4. The zero-order chi connectivity index (χ0) is 13.8. The largest absolute Gasteiger partial charge is 0.490 e. The van der Waals surface area contributed by atoms with E-state index in [9.17, 15) is 4.79 Å². The van der Waals surface area contributed by atoms with Crippen molar-refractivity contribution in [2.24, 2.45) is 0 Å². The molecule has 0 atom stereocenters. The van der Waals surface area contributed by atoms with Gasteiger partial charge in [0.05, 0.1) is 6.54 Å². The standard InChI is InChI=1S/C15H21NO3/c1-11-3-4-12(2)14(9-11)19-13-5-7-16(8-6-13)10-15(17)18/h3-4,9,13H,5-8,10H2,1-2H3,(H,17,18). The van der Waals surface area contributed by atoms with Gasteiger partial charge in [-0.05, 0) is 43.9 Å². The van der Waals surface area contributed by atoms with Gasteiger partial charge in [-0.25, -0.2) is 0 Å². The monoisotopic (exact) mass is 263 g/mol. The number of ether oxygens (including phenoxy) is 1. The third-order valence-electron chi connectivity index (χ3n) is 3.53. The molecule has 19 heavy (non-hydrogen) atoms. The Balaban J connectivity index is 1.88. The molecule has 0 spiro atoms. The molecule has 4 nitrogen and oxygen atoms in total. The van der Waals surface area contributed by atoms with Crippen molar-refractivity contribution in [3.8, 4) is 5.75 Å². The SMILES string of the molecule is Cc1ccc(C)c(OC2CCN(CC(=O)O)CC2)c1. The van der Waals surface area contributed by atoms with Gasteiger partial charge in [-0.3, -0.25) is 9.69 Å². The Bertz CT molecular complexity index is 451. The maximum atomic E-state index is 10.6. The van der Waals surface area contributed by atoms with E-state index in [2.05, 4.69) is 25.1 Å². The minimum Gasteiger partial charge on any atom is -0.490 e. The predicted octanol–water partition coefficient (Wildman–Crippen LogP) is 2.23. The van der Waals surface area contributed by atoms with E-state index in [-0.39, 0.29) is 12.6 Å². The van der Waals surface area contributed by atoms with Crippen molar-refractivity contribution < 1.29 is 14.6 Å². The number of carboxylic acid groups (broad SMARTS) is 1. The van der Waals surface area contributed by atoms with E-state index in [1.807, 2.05) is 11.8 Å². The Kier molecular flexibility index (Phi) is 4.43. The Hall–Kier alpha value is -1.55. The Labute approximate surface area is 114 Å². The fourth-order valence-electron chi connectivity index (χ4n) is 2.39. The van der Waals surface area contributed by atoms with Crippen molar-refractivity contribution >= 4 is 5.97 Å². The lowest BCUT2D eigenvalue weighted by Crippen LogP contribution is -2.40. The average Bonchev–Trinajstić information content (AvgIpc) is 2.35. The molecule has 1 aromatic carbocycles. The fraction of sp³-hybridized carbons (Fsp3) is 0.533. The summed E-state index contributed by atoms with van der Waals surface area (Å²) < 4.78 is 6.05. The van der Waals surface area contributed by atoms with Gasteiger partial charge in [0.1, 0.15) is 11.9 Å². The number of benzene rings is 1. The summed E-state index contributed by atoms with van der Waals surface area (Å²) in [6.45, 7) is 5.83. The van der Waals surface area contributed by atoms with Crippen molar-refractivity contribution in [3.05, 3.63) is 29.3 Å². The highest BCUT2D eigenvalue weighted by molar-refractivity contribution is 5.69. The van der Waals surface area contributed by atoms with Gasteiger partial charge in [0.2, 0.25) is 0 Å². The minimum absolute atomic E-state index is 0.135. The molecule has 0 aromatic heterocycles. The summed E-state index contributed by atoms with van der Waals surface area (Å²) in [5, 5.41) is 8.76. The summed E-state index contributed by atoms with van der Waals surface area (Å²) in [6.07, 6.45) is 1.98. The number of piperidine rings is 1. The summed E-state index contributed by atoms with van der Waals surface area (Å²) in [7, 11) is 0. The molecule has 104 valence electrons. The molecule has 1 saturated heterocycles. The zero-order valence-corrected chi connectivity index (χ0v) is 11.6. The molecule has 1 heterocycles. The van der Waals surface area contributed by atoms with Gasteiger partial charge in [-0.2, -0.15) is 0 Å². The number of likely N-dealkylation sites (tertiary alicyclic amines) is 1. The molecule has 0 radical (unpaired) electrons. The van der Waals surface area contributed by atoms with Crippen LogP contribution in [0.4, 0.5) is 0 Å². The number of aliphatic carboxylic acids is 1. The molecule has 0 amide bonds. The van der Waals surface area contributed by atoms with Crippen LogP contribution in [0.3, 0.4) is 0 Å². The molecule has 4 heteroatoms. The highest BCUT2D eigenvalue weighted by atomic mass is 16.5. The molecule has 0 aliphatic carbocycles. The number of carboxylic acids is 1. The van der Waals surface area contributed by atoms with Crippen LogP contribution < -0.4 is 4.74 Å². The average molecular weight is 263 g/mol. The second kappa shape index (κ2) is 6.06. The van der Waals surface area contributed by atoms with Gasteiger partial charge < -0.3 is 9.84 Å². The number of hydrogen-bond acceptors (Lipinski definition) is 3. The molecule has 1 N–H and O–H groups in total. The Morgan fingerprint density at radius 3 is 2.68 bits per heavy atom. The molecule has 2 rings (SSSR count). The van der Waals surface area contributed by atoms with E-state index in [1.54, 1.807) is 0 Å². The maximum Gasteiger partial charge on any atom is 0.317 e. The smallest absolute Gasteiger partial charge is 0.317 e. The van der Waals surface area contributed by atoms with E-state index in [4.69, 9.17) is 9.84 Å². The lowest BCUT2D eigenvalue weighted by Gasteiger charge is -2.31. The first-order valence-corrected chi connectivity index (χ1v) is 6.72. The van der Waals surface area contributed by atoms with Gasteiger partial charge in [0, 0.05) is 13.1 Å². The molecule has 1 fully saturated rings. The van der Waals surface area contributed by atoms with Gasteiger partial charge in [-0.1, -0.05) is 12.1 Å². The number of nitrogens with zero attached hydrogens (tertiary/aromatic N) is 1.